The van der Waals surface area contributed by atoms with Gasteiger partial charge in [0.15, 0.2) is 0 Å². The second kappa shape index (κ2) is 8.04. The number of carbonyl (C=O) groups is 1. The highest BCUT2D eigenvalue weighted by molar-refractivity contribution is 7.99. The zero-order valence-corrected chi connectivity index (χ0v) is 12.9. The number of amides is 1. The van der Waals surface area contributed by atoms with Crippen molar-refractivity contribution >= 4 is 40.6 Å². The minimum atomic E-state index is -0.0237. The second-order valence-corrected chi connectivity index (χ2v) is 6.90. The molecule has 0 saturated carbocycles. The molecule has 0 aromatic carbocycles. The first kappa shape index (κ1) is 15.8. The first-order chi connectivity index (χ1) is 8.56. The van der Waals surface area contributed by atoms with Crippen LogP contribution in [0.4, 0.5) is 0 Å². The van der Waals surface area contributed by atoms with Gasteiger partial charge in [0.1, 0.15) is 0 Å². The van der Waals surface area contributed by atoms with Crippen molar-refractivity contribution in [3.8, 4) is 0 Å². The minimum Gasteiger partial charge on any atom is -0.395 e. The Morgan fingerprint density at radius 1 is 1.61 bits per heavy atom. The summed E-state index contributed by atoms with van der Waals surface area (Å²) in [5.41, 5.74) is 0. The lowest BCUT2D eigenvalue weighted by atomic mass is 10.2. The average molecular weight is 308 g/mol. The fourth-order valence-corrected chi connectivity index (χ4v) is 3.29. The first-order valence-electron chi connectivity index (χ1n) is 5.74. The first-order valence-corrected chi connectivity index (χ1v) is 8.22. The maximum Gasteiger partial charge on any atom is 0.220 e. The molecule has 1 rings (SSSR count). The van der Waals surface area contributed by atoms with Crippen molar-refractivity contribution < 1.29 is 9.90 Å². The molecule has 102 valence electrons. The monoisotopic (exact) mass is 307 g/mol. The van der Waals surface area contributed by atoms with E-state index in [4.69, 9.17) is 16.7 Å². The smallest absolute Gasteiger partial charge is 0.220 e. The van der Waals surface area contributed by atoms with Gasteiger partial charge in [0.25, 0.3) is 0 Å². The Morgan fingerprint density at radius 2 is 2.33 bits per heavy atom. The van der Waals surface area contributed by atoms with Crippen molar-refractivity contribution in [3.63, 3.8) is 0 Å². The van der Waals surface area contributed by atoms with Crippen molar-refractivity contribution in [1.82, 2.24) is 5.32 Å². The molecule has 1 amide bonds. The molecule has 0 spiro atoms. The van der Waals surface area contributed by atoms with Gasteiger partial charge >= 0.3 is 0 Å². The summed E-state index contributed by atoms with van der Waals surface area (Å²) in [6.07, 6.45) is 3.09. The molecule has 2 atom stereocenters. The Bertz CT molecular complexity index is 380. The number of aliphatic hydroxyl groups is 1. The molecule has 0 aliphatic carbocycles. The third-order valence-electron chi connectivity index (χ3n) is 2.66. The Hall–Kier alpha value is -0.230. The number of thioether (sulfide) groups is 1. The van der Waals surface area contributed by atoms with Crippen LogP contribution in [0.3, 0.4) is 0 Å². The number of halogens is 1. The van der Waals surface area contributed by atoms with Crippen LogP contribution in [0, 0.1) is 0 Å². The van der Waals surface area contributed by atoms with Crippen LogP contribution < -0.4 is 5.32 Å². The number of carbonyl (C=O) groups excluding carboxylic acids is 1. The van der Waals surface area contributed by atoms with Gasteiger partial charge in [-0.05, 0) is 31.7 Å². The zero-order valence-electron chi connectivity index (χ0n) is 10.5. The predicted molar refractivity (Wildman–Crippen MR) is 79.6 cm³/mol. The quantitative estimate of drug-likeness (QED) is 0.814. The summed E-state index contributed by atoms with van der Waals surface area (Å²) in [4.78, 5) is 12.9. The zero-order chi connectivity index (χ0) is 13.5. The molecule has 0 bridgehead atoms. The van der Waals surface area contributed by atoms with E-state index in [0.29, 0.717) is 12.8 Å². The maximum atomic E-state index is 11.7. The Labute approximate surface area is 121 Å². The predicted octanol–water partition coefficient (Wildman–Crippen LogP) is 2.56. The summed E-state index contributed by atoms with van der Waals surface area (Å²) >= 11 is 8.89. The lowest BCUT2D eigenvalue weighted by Gasteiger charge is -2.21. The molecular formula is C12H18ClNO2S2. The van der Waals surface area contributed by atoms with Gasteiger partial charge in [0, 0.05) is 22.6 Å². The van der Waals surface area contributed by atoms with Gasteiger partial charge in [-0.3, -0.25) is 4.79 Å². The maximum absolute atomic E-state index is 11.7. The topological polar surface area (TPSA) is 49.3 Å². The van der Waals surface area contributed by atoms with E-state index in [9.17, 15) is 4.79 Å². The van der Waals surface area contributed by atoms with Gasteiger partial charge in [-0.25, -0.2) is 0 Å². The molecule has 0 fully saturated rings. The van der Waals surface area contributed by atoms with Crippen molar-refractivity contribution in [1.29, 1.82) is 0 Å². The van der Waals surface area contributed by atoms with Crippen LogP contribution in [0.5, 0.6) is 0 Å². The summed E-state index contributed by atoms with van der Waals surface area (Å²) < 4.78 is 0.751. The van der Waals surface area contributed by atoms with Gasteiger partial charge in [-0.1, -0.05) is 11.6 Å². The highest BCUT2D eigenvalue weighted by atomic mass is 35.5. The van der Waals surface area contributed by atoms with Crippen molar-refractivity contribution in [2.24, 2.45) is 0 Å². The van der Waals surface area contributed by atoms with E-state index in [0.717, 1.165) is 9.21 Å². The van der Waals surface area contributed by atoms with Crippen LogP contribution in [0.1, 0.15) is 18.2 Å². The molecule has 1 aromatic heterocycles. The summed E-state index contributed by atoms with van der Waals surface area (Å²) in [6, 6.07) is 3.77. The lowest BCUT2D eigenvalue weighted by Crippen LogP contribution is -2.41. The Kier molecular flexibility index (Phi) is 7.07. The van der Waals surface area contributed by atoms with E-state index >= 15 is 0 Å². The van der Waals surface area contributed by atoms with Crippen molar-refractivity contribution in [2.75, 3.05) is 12.9 Å². The van der Waals surface area contributed by atoms with Gasteiger partial charge in [-0.15, -0.1) is 11.3 Å². The van der Waals surface area contributed by atoms with Gasteiger partial charge in [0.05, 0.1) is 10.9 Å². The van der Waals surface area contributed by atoms with E-state index < -0.39 is 0 Å². The normalized spacial score (nSPS) is 14.2. The molecule has 18 heavy (non-hydrogen) atoms. The largest absolute Gasteiger partial charge is 0.395 e. The van der Waals surface area contributed by atoms with E-state index in [1.807, 2.05) is 25.3 Å². The summed E-state index contributed by atoms with van der Waals surface area (Å²) in [6.45, 7) is 1.99. The Morgan fingerprint density at radius 3 is 2.83 bits per heavy atom. The van der Waals surface area contributed by atoms with Gasteiger partial charge < -0.3 is 10.4 Å². The average Bonchev–Trinajstić information content (AvgIpc) is 2.74. The molecule has 1 heterocycles. The minimum absolute atomic E-state index is 0.0134. The molecule has 6 heteroatoms. The van der Waals surface area contributed by atoms with Crippen LogP contribution in [-0.4, -0.2) is 35.2 Å². The molecule has 0 saturated heterocycles. The Balaban J connectivity index is 2.33. The van der Waals surface area contributed by atoms with Crippen LogP contribution >= 0.6 is 34.7 Å². The molecule has 0 aliphatic rings. The van der Waals surface area contributed by atoms with Crippen LogP contribution in [0.15, 0.2) is 12.1 Å². The summed E-state index contributed by atoms with van der Waals surface area (Å²) in [5, 5.41) is 12.1. The fraction of sp³-hybridized carbons (Fsp3) is 0.583. The standard InChI is InChI=1S/C12H18ClNO2S2/c1-8(10(7-15)17-2)14-12(16)6-4-9-3-5-11(13)18-9/h3,5,8,10,15H,4,6-7H2,1-2H3,(H,14,16). The van der Waals surface area contributed by atoms with E-state index in [1.54, 1.807) is 11.8 Å². The number of aryl methyl sites for hydroxylation is 1. The van der Waals surface area contributed by atoms with E-state index in [2.05, 4.69) is 5.32 Å². The summed E-state index contributed by atoms with van der Waals surface area (Å²) in [7, 11) is 0. The molecule has 0 radical (unpaired) electrons. The SMILES string of the molecule is CSC(CO)C(C)NC(=O)CCc1ccc(Cl)s1. The van der Waals surface area contributed by atoms with Crippen LogP contribution in [0.2, 0.25) is 4.34 Å². The molecule has 1 aromatic rings. The van der Waals surface area contributed by atoms with E-state index in [1.165, 1.54) is 11.3 Å². The highest BCUT2D eigenvalue weighted by Gasteiger charge is 2.17. The number of thiophene rings is 1. The number of hydrogen-bond donors (Lipinski definition) is 2. The van der Waals surface area contributed by atoms with Gasteiger partial charge in [-0.2, -0.15) is 11.8 Å². The highest BCUT2D eigenvalue weighted by Crippen LogP contribution is 2.22. The molecule has 0 aliphatic heterocycles. The van der Waals surface area contributed by atoms with Crippen molar-refractivity contribution in [2.45, 2.75) is 31.1 Å². The van der Waals surface area contributed by atoms with Crippen molar-refractivity contribution in [3.05, 3.63) is 21.3 Å². The second-order valence-electron chi connectivity index (χ2n) is 4.02. The third-order valence-corrected chi connectivity index (χ3v) is 5.11. The van der Waals surface area contributed by atoms with Crippen LogP contribution in [-0.2, 0) is 11.2 Å². The molecule has 2 unspecified atom stereocenters. The van der Waals surface area contributed by atoms with Crippen LogP contribution in [0.25, 0.3) is 0 Å². The molecule has 2 N–H and O–H groups in total. The third kappa shape index (κ3) is 5.18. The lowest BCUT2D eigenvalue weighted by molar-refractivity contribution is -0.121. The number of nitrogens with one attached hydrogen (secondary N) is 1. The number of hydrogen-bond acceptors (Lipinski definition) is 4. The molecule has 3 nitrogen and oxygen atoms in total. The summed E-state index contributed by atoms with van der Waals surface area (Å²) in [5.74, 6) is 0.0134. The number of rotatable bonds is 7. The number of aliphatic hydroxyl groups excluding tert-OH is 1. The van der Waals surface area contributed by atoms with Gasteiger partial charge in [0.2, 0.25) is 5.91 Å². The molecular weight excluding hydrogens is 290 g/mol. The van der Waals surface area contributed by atoms with E-state index in [-0.39, 0.29) is 23.8 Å². The fourth-order valence-electron chi connectivity index (χ4n) is 1.58.